The van der Waals surface area contributed by atoms with E-state index in [0.29, 0.717) is 44.1 Å². The summed E-state index contributed by atoms with van der Waals surface area (Å²) in [4.78, 5) is 55.0. The first-order chi connectivity index (χ1) is 22.7. The molecule has 3 saturated heterocycles. The van der Waals surface area contributed by atoms with Gasteiger partial charge in [0.25, 0.3) is 5.91 Å². The predicted molar refractivity (Wildman–Crippen MR) is 177 cm³/mol. The van der Waals surface area contributed by atoms with E-state index in [0.717, 1.165) is 19.3 Å². The van der Waals surface area contributed by atoms with E-state index in [1.807, 2.05) is 39.5 Å². The molecule has 13 nitrogen and oxygen atoms in total. The van der Waals surface area contributed by atoms with Crippen molar-refractivity contribution in [1.82, 2.24) is 25.1 Å². The second kappa shape index (κ2) is 13.0. The van der Waals surface area contributed by atoms with Gasteiger partial charge in [0, 0.05) is 38.3 Å². The molecule has 4 aliphatic heterocycles. The van der Waals surface area contributed by atoms with Gasteiger partial charge < -0.3 is 39.5 Å². The fourth-order valence-electron chi connectivity index (χ4n) is 6.89. The maximum absolute atomic E-state index is 15.5. The van der Waals surface area contributed by atoms with Gasteiger partial charge in [-0.25, -0.2) is 19.0 Å². The van der Waals surface area contributed by atoms with Gasteiger partial charge in [0.2, 0.25) is 11.8 Å². The van der Waals surface area contributed by atoms with Crippen molar-refractivity contribution in [2.75, 3.05) is 49.5 Å². The van der Waals surface area contributed by atoms with Crippen LogP contribution in [0.25, 0.3) is 11.3 Å². The van der Waals surface area contributed by atoms with E-state index in [1.165, 1.54) is 12.1 Å². The first-order valence-corrected chi connectivity index (χ1v) is 16.8. The number of urea groups is 1. The Morgan fingerprint density at radius 2 is 1.85 bits per heavy atom. The van der Waals surface area contributed by atoms with Crippen LogP contribution in [0.1, 0.15) is 77.6 Å². The number of morpholine rings is 1. The molecule has 1 aromatic heterocycles. The second-order valence-electron chi connectivity index (χ2n) is 14.6. The third-order valence-corrected chi connectivity index (χ3v) is 8.90. The lowest BCUT2D eigenvalue weighted by molar-refractivity contribution is 0.0158. The summed E-state index contributed by atoms with van der Waals surface area (Å²) in [7, 11) is 0. The lowest BCUT2D eigenvalue weighted by Crippen LogP contribution is -2.50. The van der Waals surface area contributed by atoms with Crippen LogP contribution in [-0.2, 0) is 9.47 Å². The highest BCUT2D eigenvalue weighted by atomic mass is 19.1. The van der Waals surface area contributed by atoms with Crippen LogP contribution in [0.15, 0.2) is 18.2 Å². The Hall–Kier alpha value is -4.20. The average Bonchev–Trinajstić information content (AvgIpc) is 3.58. The molecule has 48 heavy (non-hydrogen) atoms. The van der Waals surface area contributed by atoms with Crippen LogP contribution in [-0.4, -0.2) is 107 Å². The summed E-state index contributed by atoms with van der Waals surface area (Å²) in [5.41, 5.74) is -0.843. The monoisotopic (exact) mass is 667 g/mol. The summed E-state index contributed by atoms with van der Waals surface area (Å²) < 4.78 is 33.8. The van der Waals surface area contributed by atoms with Gasteiger partial charge in [0.15, 0.2) is 0 Å². The van der Waals surface area contributed by atoms with Gasteiger partial charge in [-0.15, -0.1) is 0 Å². The van der Waals surface area contributed by atoms with Gasteiger partial charge in [-0.2, -0.15) is 4.98 Å². The highest BCUT2D eigenvalue weighted by molar-refractivity contribution is 6.03. The molecule has 0 spiro atoms. The van der Waals surface area contributed by atoms with Gasteiger partial charge in [0.1, 0.15) is 22.6 Å². The number of anilines is 2. The molecule has 4 amide bonds. The first kappa shape index (κ1) is 33.7. The Balaban J connectivity index is 1.39. The maximum Gasteiger partial charge on any atom is 0.410 e. The van der Waals surface area contributed by atoms with E-state index in [4.69, 9.17) is 24.2 Å². The minimum atomic E-state index is -0.852. The maximum atomic E-state index is 15.5. The fraction of sp³-hybridized carbons (Fsp3) is 0.618. The zero-order valence-corrected chi connectivity index (χ0v) is 28.6. The summed E-state index contributed by atoms with van der Waals surface area (Å²) in [6.07, 6.45) is 3.10. The van der Waals surface area contributed by atoms with Crippen LogP contribution in [0.3, 0.4) is 0 Å². The van der Waals surface area contributed by atoms with Crippen molar-refractivity contribution in [3.05, 3.63) is 29.6 Å². The number of carbonyl (C=O) groups excluding carboxylic acids is 3. The molecule has 14 heteroatoms. The number of hydrogen-bond donors (Lipinski definition) is 2. The molecular formula is C34H46FN7O6. The molecule has 4 aliphatic rings. The molecule has 260 valence electrons. The molecule has 0 radical (unpaired) electrons. The molecule has 2 bridgehead atoms. The van der Waals surface area contributed by atoms with Crippen LogP contribution in [0.2, 0.25) is 0 Å². The lowest BCUT2D eigenvalue weighted by atomic mass is 10.0. The molecule has 2 aromatic rings. The molecule has 2 N–H and O–H groups in total. The highest BCUT2D eigenvalue weighted by Crippen LogP contribution is 2.39. The number of nitrogens with one attached hydrogen (secondary N) is 2. The average molecular weight is 668 g/mol. The molecule has 0 saturated carbocycles. The van der Waals surface area contributed by atoms with E-state index in [-0.39, 0.29) is 60.1 Å². The van der Waals surface area contributed by atoms with Crippen molar-refractivity contribution in [3.63, 3.8) is 0 Å². The Kier molecular flexibility index (Phi) is 9.14. The number of hydrogen-bond acceptors (Lipinski definition) is 9. The van der Waals surface area contributed by atoms with Crippen LogP contribution >= 0.6 is 0 Å². The molecule has 3 fully saturated rings. The van der Waals surface area contributed by atoms with E-state index in [9.17, 15) is 14.4 Å². The minimum Gasteiger partial charge on any atom is -0.469 e. The zero-order chi connectivity index (χ0) is 34.4. The topological polar surface area (TPSA) is 138 Å². The van der Waals surface area contributed by atoms with Crippen molar-refractivity contribution >= 4 is 29.7 Å². The lowest BCUT2D eigenvalue weighted by Gasteiger charge is -2.34. The number of ether oxygens (including phenoxy) is 3. The van der Waals surface area contributed by atoms with Gasteiger partial charge in [-0.05, 0) is 79.4 Å². The van der Waals surface area contributed by atoms with Crippen molar-refractivity contribution in [2.45, 2.75) is 96.7 Å². The third kappa shape index (κ3) is 7.27. The highest BCUT2D eigenvalue weighted by Gasteiger charge is 2.42. The number of amides is 4. The van der Waals surface area contributed by atoms with Crippen LogP contribution in [0.4, 0.5) is 25.6 Å². The molecule has 5 heterocycles. The van der Waals surface area contributed by atoms with Gasteiger partial charge >= 0.3 is 12.1 Å². The summed E-state index contributed by atoms with van der Waals surface area (Å²) in [5, 5.41) is 5.10. The molecule has 3 atom stereocenters. The van der Waals surface area contributed by atoms with Crippen molar-refractivity contribution in [2.24, 2.45) is 0 Å². The summed E-state index contributed by atoms with van der Waals surface area (Å²) >= 11 is 0. The SMILES string of the molecule is CCNC(=O)Nc1ccc(-c2nc(N3CC4CC[C@@H](C3)O4)nc3c2C(=O)N(CC2CCCN2C(=O)OC(C)(C)C)CC(C)(C)O3)cc1F. The quantitative estimate of drug-likeness (QED) is 0.445. The molecule has 1 aromatic carbocycles. The second-order valence-corrected chi connectivity index (χ2v) is 14.6. The molecule has 6 rings (SSSR count). The zero-order valence-electron chi connectivity index (χ0n) is 28.6. The summed E-state index contributed by atoms with van der Waals surface area (Å²) in [5.74, 6) is -0.570. The summed E-state index contributed by atoms with van der Waals surface area (Å²) in [6.45, 7) is 13.6. The number of nitrogens with zero attached hydrogens (tertiary/aromatic N) is 5. The van der Waals surface area contributed by atoms with E-state index in [1.54, 1.807) is 22.8 Å². The Labute approximate surface area is 280 Å². The van der Waals surface area contributed by atoms with Crippen LogP contribution < -0.4 is 20.3 Å². The normalized spacial score (nSPS) is 23.4. The Morgan fingerprint density at radius 1 is 1.12 bits per heavy atom. The van der Waals surface area contributed by atoms with Crippen LogP contribution in [0, 0.1) is 5.82 Å². The number of likely N-dealkylation sites (tertiary alicyclic amines) is 1. The van der Waals surface area contributed by atoms with Crippen molar-refractivity contribution in [1.29, 1.82) is 0 Å². The van der Waals surface area contributed by atoms with Crippen molar-refractivity contribution < 1.29 is 33.0 Å². The number of halogens is 1. The first-order valence-electron chi connectivity index (χ1n) is 16.8. The largest absolute Gasteiger partial charge is 0.469 e. The van der Waals surface area contributed by atoms with Gasteiger partial charge in [0.05, 0.1) is 36.2 Å². The Bertz CT molecular complexity index is 1570. The Morgan fingerprint density at radius 3 is 2.52 bits per heavy atom. The third-order valence-electron chi connectivity index (χ3n) is 8.90. The number of rotatable bonds is 6. The number of carbonyl (C=O) groups is 3. The van der Waals surface area contributed by atoms with Crippen molar-refractivity contribution in [3.8, 4) is 17.1 Å². The van der Waals surface area contributed by atoms with Crippen LogP contribution in [0.5, 0.6) is 5.88 Å². The van der Waals surface area contributed by atoms with E-state index >= 15 is 4.39 Å². The molecule has 0 aliphatic carbocycles. The van der Waals surface area contributed by atoms with Gasteiger partial charge in [-0.1, -0.05) is 6.07 Å². The standard InChI is InChI=1S/C34H46FN7O6/c1-7-36-31(44)37-25-13-10-20(15-24(25)35)27-26-28(39-30(38-27)40-17-22-11-12-23(18-40)46-22)47-34(5,6)19-41(29(26)43)16-21-9-8-14-42(21)32(45)48-33(2,3)4/h10,13,15,21-23H,7-9,11-12,14,16-19H2,1-6H3,(H2,36,37,44)/t21?,22-,23?/m0/s1. The summed E-state index contributed by atoms with van der Waals surface area (Å²) in [6, 6.07) is 3.54. The number of fused-ring (bicyclic) bond motifs is 3. The van der Waals surface area contributed by atoms with E-state index < -0.39 is 29.1 Å². The molecule has 2 unspecified atom stereocenters. The number of benzene rings is 1. The molecular weight excluding hydrogens is 621 g/mol. The predicted octanol–water partition coefficient (Wildman–Crippen LogP) is 4.80. The fourth-order valence-corrected chi connectivity index (χ4v) is 6.89. The van der Waals surface area contributed by atoms with Gasteiger partial charge in [-0.3, -0.25) is 4.79 Å². The smallest absolute Gasteiger partial charge is 0.410 e. The minimum absolute atomic E-state index is 0.0105. The number of aromatic nitrogens is 2. The van der Waals surface area contributed by atoms with E-state index in [2.05, 4.69) is 10.6 Å².